The number of para-hydroxylation sites is 1. The number of aryl methyl sites for hydroxylation is 2. The van der Waals surface area contributed by atoms with E-state index in [0.717, 1.165) is 11.1 Å². The molecule has 0 unspecified atom stereocenters. The zero-order valence-corrected chi connectivity index (χ0v) is 11.8. The molecular formula is C16H17NO3. The van der Waals surface area contributed by atoms with Crippen molar-refractivity contribution in [1.29, 1.82) is 0 Å². The van der Waals surface area contributed by atoms with Gasteiger partial charge in [0.2, 0.25) is 0 Å². The molecular weight excluding hydrogens is 254 g/mol. The highest BCUT2D eigenvalue weighted by Gasteiger charge is 2.17. The molecule has 4 heteroatoms. The predicted octanol–water partition coefficient (Wildman–Crippen LogP) is 3.46. The van der Waals surface area contributed by atoms with E-state index in [0.29, 0.717) is 22.7 Å². The Labute approximate surface area is 118 Å². The average Bonchev–Trinajstić information content (AvgIpc) is 2.44. The molecule has 104 valence electrons. The summed E-state index contributed by atoms with van der Waals surface area (Å²) in [6, 6.07) is 10.9. The molecule has 2 aromatic carbocycles. The first-order valence-corrected chi connectivity index (χ1v) is 6.25. The fourth-order valence-corrected chi connectivity index (χ4v) is 1.87. The van der Waals surface area contributed by atoms with Crippen LogP contribution >= 0.6 is 0 Å². The molecule has 0 heterocycles. The normalized spacial score (nSPS) is 10.2. The smallest absolute Gasteiger partial charge is 0.341 e. The minimum absolute atomic E-state index is 0.313. The van der Waals surface area contributed by atoms with E-state index in [4.69, 9.17) is 15.2 Å². The molecule has 2 N–H and O–H groups in total. The second-order valence-electron chi connectivity index (χ2n) is 4.59. The van der Waals surface area contributed by atoms with Crippen molar-refractivity contribution in [2.75, 3.05) is 12.8 Å². The Morgan fingerprint density at radius 1 is 1.15 bits per heavy atom. The van der Waals surface area contributed by atoms with E-state index in [9.17, 15) is 4.79 Å². The average molecular weight is 271 g/mol. The number of hydrogen-bond acceptors (Lipinski definition) is 4. The number of ether oxygens (including phenoxy) is 2. The van der Waals surface area contributed by atoms with Gasteiger partial charge in [-0.25, -0.2) is 4.79 Å². The van der Waals surface area contributed by atoms with Crippen molar-refractivity contribution >= 4 is 11.7 Å². The van der Waals surface area contributed by atoms with Crippen LogP contribution in [0.3, 0.4) is 0 Å². The van der Waals surface area contributed by atoms with Crippen molar-refractivity contribution in [1.82, 2.24) is 0 Å². The van der Waals surface area contributed by atoms with Crippen LogP contribution < -0.4 is 10.5 Å². The number of benzene rings is 2. The zero-order valence-electron chi connectivity index (χ0n) is 11.8. The minimum Gasteiger partial charge on any atom is -0.465 e. The molecule has 0 aromatic heterocycles. The molecule has 0 amide bonds. The molecule has 0 aliphatic rings. The summed E-state index contributed by atoms with van der Waals surface area (Å²) < 4.78 is 10.6. The summed E-state index contributed by atoms with van der Waals surface area (Å²) in [7, 11) is 1.33. The maximum absolute atomic E-state index is 11.8. The topological polar surface area (TPSA) is 61.5 Å². The fraction of sp³-hybridized carbons (Fsp3) is 0.188. The SMILES string of the molecule is COC(=O)c1cccc(N)c1Oc1cc(C)ccc1C. The van der Waals surface area contributed by atoms with Gasteiger partial charge in [0.1, 0.15) is 11.3 Å². The number of carbonyl (C=O) groups is 1. The highest BCUT2D eigenvalue weighted by atomic mass is 16.5. The third-order valence-corrected chi connectivity index (χ3v) is 3.01. The van der Waals surface area contributed by atoms with Crippen molar-refractivity contribution in [2.45, 2.75) is 13.8 Å². The summed E-state index contributed by atoms with van der Waals surface area (Å²) in [4.78, 5) is 11.8. The van der Waals surface area contributed by atoms with E-state index in [1.807, 2.05) is 32.0 Å². The van der Waals surface area contributed by atoms with Gasteiger partial charge in [-0.2, -0.15) is 0 Å². The first kappa shape index (κ1) is 13.9. The monoisotopic (exact) mass is 271 g/mol. The molecule has 0 radical (unpaired) electrons. The molecule has 0 spiro atoms. The van der Waals surface area contributed by atoms with Gasteiger partial charge in [0.05, 0.1) is 12.8 Å². The summed E-state index contributed by atoms with van der Waals surface area (Å²) >= 11 is 0. The third-order valence-electron chi connectivity index (χ3n) is 3.01. The first-order valence-electron chi connectivity index (χ1n) is 6.25. The summed E-state index contributed by atoms with van der Waals surface area (Å²) in [5.41, 5.74) is 8.66. The highest BCUT2D eigenvalue weighted by Crippen LogP contribution is 2.33. The highest BCUT2D eigenvalue weighted by molar-refractivity contribution is 5.94. The Bertz CT molecular complexity index is 650. The molecule has 0 fully saturated rings. The van der Waals surface area contributed by atoms with E-state index in [1.54, 1.807) is 18.2 Å². The number of esters is 1. The van der Waals surface area contributed by atoms with Gasteiger partial charge in [0, 0.05) is 0 Å². The largest absolute Gasteiger partial charge is 0.465 e. The van der Waals surface area contributed by atoms with Crippen LogP contribution in [-0.2, 0) is 4.74 Å². The second-order valence-corrected chi connectivity index (χ2v) is 4.59. The molecule has 0 bridgehead atoms. The number of methoxy groups -OCH3 is 1. The van der Waals surface area contributed by atoms with Gasteiger partial charge in [0.15, 0.2) is 5.75 Å². The molecule has 2 rings (SSSR count). The van der Waals surface area contributed by atoms with Gasteiger partial charge in [0.25, 0.3) is 0 Å². The van der Waals surface area contributed by atoms with Crippen molar-refractivity contribution in [3.8, 4) is 11.5 Å². The number of rotatable bonds is 3. The maximum Gasteiger partial charge on any atom is 0.341 e. The number of hydrogen-bond donors (Lipinski definition) is 1. The van der Waals surface area contributed by atoms with Crippen LogP contribution in [0.2, 0.25) is 0 Å². The van der Waals surface area contributed by atoms with Crippen molar-refractivity contribution in [3.05, 3.63) is 53.1 Å². The van der Waals surface area contributed by atoms with E-state index < -0.39 is 5.97 Å². The van der Waals surface area contributed by atoms with E-state index in [2.05, 4.69) is 0 Å². The van der Waals surface area contributed by atoms with Crippen molar-refractivity contribution < 1.29 is 14.3 Å². The fourth-order valence-electron chi connectivity index (χ4n) is 1.87. The van der Waals surface area contributed by atoms with E-state index in [-0.39, 0.29) is 0 Å². The summed E-state index contributed by atoms with van der Waals surface area (Å²) in [6.45, 7) is 3.91. The van der Waals surface area contributed by atoms with Crippen LogP contribution in [0.4, 0.5) is 5.69 Å². The summed E-state index contributed by atoms with van der Waals surface area (Å²) in [5.74, 6) is 0.527. The first-order chi connectivity index (χ1) is 9.52. The van der Waals surface area contributed by atoms with Crippen molar-refractivity contribution in [2.24, 2.45) is 0 Å². The lowest BCUT2D eigenvalue weighted by Crippen LogP contribution is -2.06. The van der Waals surface area contributed by atoms with Gasteiger partial charge in [-0.05, 0) is 43.2 Å². The van der Waals surface area contributed by atoms with Crippen LogP contribution in [-0.4, -0.2) is 13.1 Å². The minimum atomic E-state index is -0.474. The maximum atomic E-state index is 11.8. The Morgan fingerprint density at radius 2 is 1.90 bits per heavy atom. The summed E-state index contributed by atoms with van der Waals surface area (Å²) in [6.07, 6.45) is 0. The van der Waals surface area contributed by atoms with Crippen LogP contribution in [0.15, 0.2) is 36.4 Å². The lowest BCUT2D eigenvalue weighted by molar-refractivity contribution is 0.0598. The van der Waals surface area contributed by atoms with Gasteiger partial charge >= 0.3 is 5.97 Å². The Hall–Kier alpha value is -2.49. The number of carbonyl (C=O) groups excluding carboxylic acids is 1. The second kappa shape index (κ2) is 5.65. The third kappa shape index (κ3) is 2.74. The van der Waals surface area contributed by atoms with Gasteiger partial charge in [-0.15, -0.1) is 0 Å². The van der Waals surface area contributed by atoms with E-state index in [1.165, 1.54) is 7.11 Å². The number of nitrogens with two attached hydrogens (primary N) is 1. The van der Waals surface area contributed by atoms with Gasteiger partial charge in [-0.1, -0.05) is 18.2 Å². The van der Waals surface area contributed by atoms with Crippen LogP contribution in [0.5, 0.6) is 11.5 Å². The molecule has 0 saturated heterocycles. The molecule has 0 atom stereocenters. The number of nitrogen functional groups attached to an aromatic ring is 1. The zero-order chi connectivity index (χ0) is 14.7. The molecule has 2 aromatic rings. The Morgan fingerprint density at radius 3 is 2.60 bits per heavy atom. The number of anilines is 1. The predicted molar refractivity (Wildman–Crippen MR) is 78.2 cm³/mol. The van der Waals surface area contributed by atoms with Crippen LogP contribution in [0, 0.1) is 13.8 Å². The lowest BCUT2D eigenvalue weighted by atomic mass is 10.1. The molecule has 0 aliphatic carbocycles. The lowest BCUT2D eigenvalue weighted by Gasteiger charge is -2.14. The van der Waals surface area contributed by atoms with Crippen LogP contribution in [0.25, 0.3) is 0 Å². The molecule has 20 heavy (non-hydrogen) atoms. The molecule has 0 aliphatic heterocycles. The van der Waals surface area contributed by atoms with E-state index >= 15 is 0 Å². The van der Waals surface area contributed by atoms with Crippen molar-refractivity contribution in [3.63, 3.8) is 0 Å². The molecule has 4 nitrogen and oxygen atoms in total. The Balaban J connectivity index is 2.47. The summed E-state index contributed by atoms with van der Waals surface area (Å²) in [5, 5.41) is 0. The van der Waals surface area contributed by atoms with Crippen LogP contribution in [0.1, 0.15) is 21.5 Å². The standard InChI is InChI=1S/C16H17NO3/c1-10-7-8-11(2)14(9-10)20-15-12(16(18)19-3)5-4-6-13(15)17/h4-9H,17H2,1-3H3. The Kier molecular flexibility index (Phi) is 3.94. The van der Waals surface area contributed by atoms with Gasteiger partial charge < -0.3 is 15.2 Å². The quantitative estimate of drug-likeness (QED) is 0.686. The van der Waals surface area contributed by atoms with Gasteiger partial charge in [-0.3, -0.25) is 0 Å². The molecule has 0 saturated carbocycles.